The van der Waals surface area contributed by atoms with E-state index in [4.69, 9.17) is 11.6 Å². The van der Waals surface area contributed by atoms with Gasteiger partial charge in [0.1, 0.15) is 4.88 Å². The third-order valence-corrected chi connectivity index (χ3v) is 3.96. The highest BCUT2D eigenvalue weighted by atomic mass is 35.5. The first-order chi connectivity index (χ1) is 7.18. The summed E-state index contributed by atoms with van der Waals surface area (Å²) in [6.45, 7) is 3.53. The Balaban J connectivity index is 2.03. The summed E-state index contributed by atoms with van der Waals surface area (Å²) >= 11 is 7.24. The minimum atomic E-state index is 0.0282. The number of nitrogens with zero attached hydrogens (tertiary/aromatic N) is 3. The Morgan fingerprint density at radius 1 is 1.73 bits per heavy atom. The van der Waals surface area contributed by atoms with Gasteiger partial charge in [0.05, 0.1) is 6.20 Å². The molecule has 0 N–H and O–H groups in total. The van der Waals surface area contributed by atoms with Crippen molar-refractivity contribution in [2.75, 3.05) is 13.1 Å². The SMILES string of the molecule is CC1CN(C(=O)c2cnns2)CCC1Cl. The lowest BCUT2D eigenvalue weighted by Crippen LogP contribution is -2.43. The van der Waals surface area contributed by atoms with Gasteiger partial charge >= 0.3 is 0 Å². The zero-order valence-corrected chi connectivity index (χ0v) is 9.96. The molecule has 0 saturated carbocycles. The average molecular weight is 246 g/mol. The number of halogens is 1. The van der Waals surface area contributed by atoms with Crippen LogP contribution >= 0.6 is 23.1 Å². The van der Waals surface area contributed by atoms with Crippen LogP contribution in [0.1, 0.15) is 23.0 Å². The lowest BCUT2D eigenvalue weighted by molar-refractivity contribution is 0.0691. The average Bonchev–Trinajstić information content (AvgIpc) is 2.74. The summed E-state index contributed by atoms with van der Waals surface area (Å²) in [5.74, 6) is 0.380. The van der Waals surface area contributed by atoms with Gasteiger partial charge in [0.15, 0.2) is 0 Å². The normalized spacial score (nSPS) is 26.7. The molecule has 0 aromatic carbocycles. The minimum absolute atomic E-state index is 0.0282. The molecule has 0 spiro atoms. The fourth-order valence-corrected chi connectivity index (χ4v) is 2.38. The van der Waals surface area contributed by atoms with Gasteiger partial charge in [-0.05, 0) is 23.9 Å². The van der Waals surface area contributed by atoms with Crippen LogP contribution in [0.2, 0.25) is 0 Å². The molecule has 15 heavy (non-hydrogen) atoms. The summed E-state index contributed by atoms with van der Waals surface area (Å²) in [7, 11) is 0. The van der Waals surface area contributed by atoms with Crippen molar-refractivity contribution in [3.05, 3.63) is 11.1 Å². The number of alkyl halides is 1. The first-order valence-electron chi connectivity index (χ1n) is 4.89. The van der Waals surface area contributed by atoms with Crippen LogP contribution in [0.3, 0.4) is 0 Å². The van der Waals surface area contributed by atoms with E-state index < -0.39 is 0 Å². The molecule has 0 bridgehead atoms. The fraction of sp³-hybridized carbons (Fsp3) is 0.667. The highest BCUT2D eigenvalue weighted by Gasteiger charge is 2.28. The monoisotopic (exact) mass is 245 g/mol. The van der Waals surface area contributed by atoms with Crippen LogP contribution < -0.4 is 0 Å². The molecule has 1 saturated heterocycles. The summed E-state index contributed by atoms with van der Waals surface area (Å²) in [5, 5.41) is 3.86. The molecule has 0 radical (unpaired) electrons. The lowest BCUT2D eigenvalue weighted by atomic mass is 9.99. The van der Waals surface area contributed by atoms with Gasteiger partial charge in [-0.1, -0.05) is 11.4 Å². The zero-order chi connectivity index (χ0) is 10.8. The molecular formula is C9H12ClN3OS. The number of carbonyl (C=O) groups excluding carboxylic acids is 1. The number of hydrogen-bond acceptors (Lipinski definition) is 4. The van der Waals surface area contributed by atoms with E-state index in [2.05, 4.69) is 16.5 Å². The van der Waals surface area contributed by atoms with Crippen molar-refractivity contribution < 1.29 is 4.79 Å². The van der Waals surface area contributed by atoms with Crippen LogP contribution in [0.25, 0.3) is 0 Å². The standard InChI is InChI=1S/C9H12ClN3OS/c1-6-5-13(3-2-7(6)10)9(14)8-4-11-12-15-8/h4,6-7H,2-3,5H2,1H3. The quantitative estimate of drug-likeness (QED) is 0.707. The largest absolute Gasteiger partial charge is 0.337 e. The maximum atomic E-state index is 11.9. The van der Waals surface area contributed by atoms with Crippen molar-refractivity contribution in [2.45, 2.75) is 18.7 Å². The molecule has 2 heterocycles. The van der Waals surface area contributed by atoms with E-state index >= 15 is 0 Å². The second-order valence-electron chi connectivity index (χ2n) is 3.81. The molecule has 1 aliphatic rings. The third-order valence-electron chi connectivity index (χ3n) is 2.66. The van der Waals surface area contributed by atoms with E-state index in [1.807, 2.05) is 4.90 Å². The molecule has 1 fully saturated rings. The first kappa shape index (κ1) is 10.8. The van der Waals surface area contributed by atoms with Gasteiger partial charge in [0, 0.05) is 18.5 Å². The zero-order valence-electron chi connectivity index (χ0n) is 8.39. The van der Waals surface area contributed by atoms with Crippen molar-refractivity contribution in [3.63, 3.8) is 0 Å². The third kappa shape index (κ3) is 2.29. The molecule has 1 amide bonds. The first-order valence-corrected chi connectivity index (χ1v) is 6.10. The van der Waals surface area contributed by atoms with Crippen LogP contribution in [-0.4, -0.2) is 38.9 Å². The Morgan fingerprint density at radius 2 is 2.53 bits per heavy atom. The summed E-state index contributed by atoms with van der Waals surface area (Å²) < 4.78 is 3.69. The number of carbonyl (C=O) groups is 1. The second kappa shape index (κ2) is 4.45. The molecule has 0 aliphatic carbocycles. The summed E-state index contributed by atoms with van der Waals surface area (Å²) in [6, 6.07) is 0. The number of aromatic nitrogens is 2. The van der Waals surface area contributed by atoms with Gasteiger partial charge in [-0.2, -0.15) is 0 Å². The molecule has 6 heteroatoms. The topological polar surface area (TPSA) is 46.1 Å². The molecule has 82 valence electrons. The number of rotatable bonds is 1. The Bertz CT molecular complexity index is 343. The fourth-order valence-electron chi connectivity index (χ4n) is 1.72. The molecule has 1 aromatic rings. The Labute approximate surface area is 97.4 Å². The number of hydrogen-bond donors (Lipinski definition) is 0. The Morgan fingerprint density at radius 3 is 3.13 bits per heavy atom. The molecule has 1 aliphatic heterocycles. The van der Waals surface area contributed by atoms with Gasteiger partial charge in [0.25, 0.3) is 5.91 Å². The molecule has 2 unspecified atom stereocenters. The van der Waals surface area contributed by atoms with E-state index in [1.54, 1.807) is 0 Å². The summed E-state index contributed by atoms with van der Waals surface area (Å²) in [6.07, 6.45) is 2.38. The van der Waals surface area contributed by atoms with Gasteiger partial charge in [-0.3, -0.25) is 4.79 Å². The van der Waals surface area contributed by atoms with Gasteiger partial charge in [-0.15, -0.1) is 16.7 Å². The number of piperidine rings is 1. The predicted octanol–water partition coefficient (Wildman–Crippen LogP) is 1.63. The maximum absolute atomic E-state index is 11.9. The molecule has 4 nitrogen and oxygen atoms in total. The van der Waals surface area contributed by atoms with Crippen molar-refractivity contribution in [2.24, 2.45) is 5.92 Å². The van der Waals surface area contributed by atoms with E-state index in [0.29, 0.717) is 10.8 Å². The van der Waals surface area contributed by atoms with Crippen molar-refractivity contribution in [1.29, 1.82) is 0 Å². The van der Waals surface area contributed by atoms with Crippen molar-refractivity contribution >= 4 is 29.0 Å². The van der Waals surface area contributed by atoms with Gasteiger partial charge < -0.3 is 4.90 Å². The summed E-state index contributed by atoms with van der Waals surface area (Å²) in [5.41, 5.74) is 0. The predicted molar refractivity (Wildman–Crippen MR) is 59.2 cm³/mol. The second-order valence-corrected chi connectivity index (χ2v) is 5.16. The highest BCUT2D eigenvalue weighted by molar-refractivity contribution is 7.07. The molecule has 1 aromatic heterocycles. The van der Waals surface area contributed by atoms with Crippen LogP contribution in [0.5, 0.6) is 0 Å². The smallest absolute Gasteiger partial charge is 0.267 e. The van der Waals surface area contributed by atoms with Crippen molar-refractivity contribution in [1.82, 2.24) is 14.5 Å². The Kier molecular flexibility index (Phi) is 3.21. The highest BCUT2D eigenvalue weighted by Crippen LogP contribution is 2.23. The van der Waals surface area contributed by atoms with E-state index in [-0.39, 0.29) is 11.3 Å². The number of amides is 1. The van der Waals surface area contributed by atoms with Crippen LogP contribution in [0.4, 0.5) is 0 Å². The molecule has 2 atom stereocenters. The van der Waals surface area contributed by atoms with Crippen molar-refractivity contribution in [3.8, 4) is 0 Å². The van der Waals surface area contributed by atoms with Gasteiger partial charge in [-0.25, -0.2) is 0 Å². The molecule has 2 rings (SSSR count). The lowest BCUT2D eigenvalue weighted by Gasteiger charge is -2.33. The van der Waals surface area contributed by atoms with E-state index in [9.17, 15) is 4.79 Å². The summed E-state index contributed by atoms with van der Waals surface area (Å²) in [4.78, 5) is 14.4. The number of likely N-dealkylation sites (tertiary alicyclic amines) is 1. The minimum Gasteiger partial charge on any atom is -0.337 e. The van der Waals surface area contributed by atoms with Crippen LogP contribution in [0, 0.1) is 5.92 Å². The van der Waals surface area contributed by atoms with E-state index in [1.165, 1.54) is 6.20 Å². The maximum Gasteiger partial charge on any atom is 0.267 e. The van der Waals surface area contributed by atoms with Gasteiger partial charge in [0.2, 0.25) is 0 Å². The van der Waals surface area contributed by atoms with E-state index in [0.717, 1.165) is 31.0 Å². The van der Waals surface area contributed by atoms with Crippen LogP contribution in [-0.2, 0) is 0 Å². The molecular weight excluding hydrogens is 234 g/mol. The van der Waals surface area contributed by atoms with Crippen LogP contribution in [0.15, 0.2) is 6.20 Å². The Hall–Kier alpha value is -0.680.